The number of likely N-dealkylation sites (tertiary alicyclic amines) is 1. The smallest absolute Gasteiger partial charge is 0.333 e. The van der Waals surface area contributed by atoms with Crippen molar-refractivity contribution >= 4 is 17.1 Å². The number of benzene rings is 1. The van der Waals surface area contributed by atoms with Crippen molar-refractivity contribution in [3.8, 4) is 0 Å². The number of nitrogens with zero attached hydrogens (tertiary/aromatic N) is 5. The Balaban J connectivity index is 1.77. The maximum absolute atomic E-state index is 13.4. The van der Waals surface area contributed by atoms with Crippen LogP contribution in [0.1, 0.15) is 25.3 Å². The molecule has 0 saturated carbocycles. The highest BCUT2D eigenvalue weighted by atomic mass is 16.5. The first-order chi connectivity index (χ1) is 15.5. The summed E-state index contributed by atoms with van der Waals surface area (Å²) in [6.07, 6.45) is 3.41. The van der Waals surface area contributed by atoms with E-state index < -0.39 is 11.2 Å². The lowest BCUT2D eigenvalue weighted by molar-refractivity contribution is -0.133. The Labute approximate surface area is 185 Å². The summed E-state index contributed by atoms with van der Waals surface area (Å²) in [7, 11) is 1.58. The molecule has 0 unspecified atom stereocenters. The fraction of sp³-hybridized carbons (Fsp3) is 0.478. The molecule has 1 aliphatic heterocycles. The number of amides is 1. The molecule has 3 aromatic rings. The maximum Gasteiger partial charge on any atom is 0.333 e. The van der Waals surface area contributed by atoms with Crippen LogP contribution in [0.15, 0.2) is 46.2 Å². The monoisotopic (exact) mass is 439 g/mol. The average molecular weight is 440 g/mol. The lowest BCUT2D eigenvalue weighted by Crippen LogP contribution is -2.46. The van der Waals surface area contributed by atoms with Gasteiger partial charge in [-0.3, -0.25) is 14.2 Å². The molecule has 3 heterocycles. The summed E-state index contributed by atoms with van der Waals surface area (Å²) in [4.78, 5) is 45.8. The summed E-state index contributed by atoms with van der Waals surface area (Å²) in [6, 6.07) is 9.52. The van der Waals surface area contributed by atoms with Crippen LogP contribution in [-0.2, 0) is 29.2 Å². The molecule has 1 aliphatic rings. The fourth-order valence-corrected chi connectivity index (χ4v) is 4.14. The molecule has 1 fully saturated rings. The first-order valence-corrected chi connectivity index (χ1v) is 11.0. The topological polar surface area (TPSA) is 91.4 Å². The molecule has 170 valence electrons. The van der Waals surface area contributed by atoms with Crippen LogP contribution in [0.5, 0.6) is 0 Å². The first kappa shape index (κ1) is 22.0. The molecule has 2 aromatic heterocycles. The van der Waals surface area contributed by atoms with Crippen molar-refractivity contribution in [2.75, 3.05) is 26.8 Å². The molecule has 1 aromatic carbocycles. The maximum atomic E-state index is 13.4. The Morgan fingerprint density at radius 3 is 2.53 bits per heavy atom. The number of ether oxygens (including phenoxy) is 1. The van der Waals surface area contributed by atoms with Gasteiger partial charge in [-0.1, -0.05) is 37.3 Å². The highest BCUT2D eigenvalue weighted by Gasteiger charge is 2.24. The Morgan fingerprint density at radius 2 is 1.84 bits per heavy atom. The van der Waals surface area contributed by atoms with Gasteiger partial charge in [0.2, 0.25) is 5.91 Å². The molecule has 0 radical (unpaired) electrons. The minimum absolute atomic E-state index is 0.204. The zero-order chi connectivity index (χ0) is 22.7. The van der Waals surface area contributed by atoms with E-state index in [1.54, 1.807) is 22.9 Å². The number of imidazole rings is 1. The minimum Gasteiger partial charge on any atom is -0.383 e. The lowest BCUT2D eigenvalue weighted by atomic mass is 9.99. The van der Waals surface area contributed by atoms with Gasteiger partial charge in [0.15, 0.2) is 11.2 Å². The van der Waals surface area contributed by atoms with Crippen molar-refractivity contribution in [3.05, 3.63) is 63.1 Å². The van der Waals surface area contributed by atoms with E-state index in [1.165, 1.54) is 4.57 Å². The number of carbonyl (C=O) groups excluding carboxylic acids is 1. The van der Waals surface area contributed by atoms with Gasteiger partial charge in [-0.2, -0.15) is 0 Å². The quantitative estimate of drug-likeness (QED) is 0.554. The predicted molar refractivity (Wildman–Crippen MR) is 121 cm³/mol. The van der Waals surface area contributed by atoms with Gasteiger partial charge >= 0.3 is 5.69 Å². The Kier molecular flexibility index (Phi) is 6.55. The van der Waals surface area contributed by atoms with Crippen LogP contribution in [0.2, 0.25) is 0 Å². The summed E-state index contributed by atoms with van der Waals surface area (Å²) in [5.41, 5.74) is 0.501. The van der Waals surface area contributed by atoms with Crippen molar-refractivity contribution in [3.63, 3.8) is 0 Å². The van der Waals surface area contributed by atoms with Crippen molar-refractivity contribution in [2.24, 2.45) is 5.92 Å². The van der Waals surface area contributed by atoms with Gasteiger partial charge in [-0.25, -0.2) is 14.3 Å². The van der Waals surface area contributed by atoms with Gasteiger partial charge in [-0.05, 0) is 24.3 Å². The molecule has 4 rings (SSSR count). The van der Waals surface area contributed by atoms with E-state index in [4.69, 9.17) is 4.74 Å². The second-order valence-corrected chi connectivity index (χ2v) is 8.41. The molecule has 9 heteroatoms. The number of hydrogen-bond donors (Lipinski definition) is 0. The van der Waals surface area contributed by atoms with Crippen molar-refractivity contribution < 1.29 is 9.53 Å². The summed E-state index contributed by atoms with van der Waals surface area (Å²) >= 11 is 0. The Bertz CT molecular complexity index is 1200. The van der Waals surface area contributed by atoms with E-state index in [2.05, 4.69) is 11.9 Å². The van der Waals surface area contributed by atoms with Gasteiger partial charge in [0, 0.05) is 26.7 Å². The normalized spacial score (nSPS) is 14.9. The molecule has 0 atom stereocenters. The molecule has 1 amide bonds. The molecular formula is C23H29N5O4. The van der Waals surface area contributed by atoms with E-state index >= 15 is 0 Å². The summed E-state index contributed by atoms with van der Waals surface area (Å²) < 4.78 is 9.36. The van der Waals surface area contributed by atoms with E-state index in [9.17, 15) is 14.4 Å². The number of hydrogen-bond acceptors (Lipinski definition) is 5. The first-order valence-electron chi connectivity index (χ1n) is 11.0. The fourth-order valence-electron chi connectivity index (χ4n) is 4.14. The molecule has 9 nitrogen and oxygen atoms in total. The van der Waals surface area contributed by atoms with Gasteiger partial charge in [0.25, 0.3) is 5.56 Å². The zero-order valence-electron chi connectivity index (χ0n) is 18.6. The van der Waals surface area contributed by atoms with Crippen LogP contribution in [0.4, 0.5) is 0 Å². The van der Waals surface area contributed by atoms with Crippen LogP contribution in [0.3, 0.4) is 0 Å². The van der Waals surface area contributed by atoms with E-state index in [1.807, 2.05) is 30.3 Å². The van der Waals surface area contributed by atoms with E-state index in [0.29, 0.717) is 43.3 Å². The molecule has 0 aliphatic carbocycles. The van der Waals surface area contributed by atoms with Crippen molar-refractivity contribution in [2.45, 2.75) is 39.4 Å². The van der Waals surface area contributed by atoms with Crippen LogP contribution >= 0.6 is 0 Å². The van der Waals surface area contributed by atoms with Gasteiger partial charge in [0.05, 0.1) is 19.5 Å². The third kappa shape index (κ3) is 4.38. The minimum atomic E-state index is -0.526. The Morgan fingerprint density at radius 1 is 1.12 bits per heavy atom. The van der Waals surface area contributed by atoms with Crippen LogP contribution < -0.4 is 11.2 Å². The van der Waals surface area contributed by atoms with Gasteiger partial charge in [0.1, 0.15) is 6.54 Å². The van der Waals surface area contributed by atoms with E-state index in [0.717, 1.165) is 23.0 Å². The third-order valence-electron chi connectivity index (χ3n) is 6.13. The van der Waals surface area contributed by atoms with Crippen LogP contribution in [0, 0.1) is 5.92 Å². The number of fused-ring (bicyclic) bond motifs is 1. The highest BCUT2D eigenvalue weighted by molar-refractivity contribution is 5.77. The van der Waals surface area contributed by atoms with Crippen molar-refractivity contribution in [1.29, 1.82) is 0 Å². The highest BCUT2D eigenvalue weighted by Crippen LogP contribution is 2.16. The van der Waals surface area contributed by atoms with Crippen molar-refractivity contribution in [1.82, 2.24) is 23.6 Å². The molecule has 0 bridgehead atoms. The van der Waals surface area contributed by atoms with Gasteiger partial charge < -0.3 is 14.2 Å². The second-order valence-electron chi connectivity index (χ2n) is 8.41. The van der Waals surface area contributed by atoms with Crippen LogP contribution in [-0.4, -0.2) is 56.3 Å². The molecule has 32 heavy (non-hydrogen) atoms. The number of aromatic nitrogens is 4. The van der Waals surface area contributed by atoms with Gasteiger partial charge in [-0.15, -0.1) is 0 Å². The molecule has 0 spiro atoms. The second kappa shape index (κ2) is 9.52. The molecule has 1 saturated heterocycles. The zero-order valence-corrected chi connectivity index (χ0v) is 18.6. The SMILES string of the molecule is COCCn1cnc2c1c(=O)n(CC(=O)N1CCC(C)CC1)c(=O)n2Cc1ccccc1. The largest absolute Gasteiger partial charge is 0.383 e. The number of rotatable bonds is 7. The van der Waals surface area contributed by atoms with Crippen LogP contribution in [0.25, 0.3) is 11.2 Å². The summed E-state index contributed by atoms with van der Waals surface area (Å²) in [5, 5.41) is 0. The average Bonchev–Trinajstić information content (AvgIpc) is 3.23. The molecular weight excluding hydrogens is 410 g/mol. The van der Waals surface area contributed by atoms with E-state index in [-0.39, 0.29) is 19.0 Å². The lowest BCUT2D eigenvalue weighted by Gasteiger charge is -2.30. The Hall–Kier alpha value is -3.20. The third-order valence-corrected chi connectivity index (χ3v) is 6.13. The summed E-state index contributed by atoms with van der Waals surface area (Å²) in [6.45, 7) is 4.28. The number of methoxy groups -OCH3 is 1. The summed E-state index contributed by atoms with van der Waals surface area (Å²) in [5.74, 6) is 0.376. The predicted octanol–water partition coefficient (Wildman–Crippen LogP) is 1.31. The number of piperidine rings is 1. The number of carbonyl (C=O) groups is 1. The molecule has 0 N–H and O–H groups in total. The standard InChI is InChI=1S/C23H29N5O4/c1-17-8-10-25(11-9-17)19(29)15-28-22(30)20-21(24-16-26(20)12-13-32-2)27(23(28)31)14-18-6-4-3-5-7-18/h3-7,16-17H,8-15H2,1-2H3.